The van der Waals surface area contributed by atoms with Crippen molar-refractivity contribution in [3.63, 3.8) is 0 Å². The number of likely N-dealkylation sites (N-methyl/N-ethyl adjacent to an activating group) is 1. The first-order valence-corrected chi connectivity index (χ1v) is 10.6. The lowest BCUT2D eigenvalue weighted by atomic mass is 10.2. The Morgan fingerprint density at radius 2 is 2.00 bits per heavy atom. The van der Waals surface area contributed by atoms with E-state index in [1.165, 1.54) is 11.1 Å². The molecule has 0 atom stereocenters. The molecule has 1 aromatic heterocycles. The van der Waals surface area contributed by atoms with E-state index >= 15 is 0 Å². The molecule has 1 N–H and O–H groups in total. The van der Waals surface area contributed by atoms with E-state index in [1.54, 1.807) is 18.0 Å². The minimum atomic E-state index is -0.0155. The summed E-state index contributed by atoms with van der Waals surface area (Å²) in [6, 6.07) is 4.21. The lowest BCUT2D eigenvalue weighted by Gasteiger charge is -2.17. The number of nitrogens with one attached hydrogen (secondary N) is 1. The summed E-state index contributed by atoms with van der Waals surface area (Å²) in [5.41, 5.74) is 3.09. The second-order valence-corrected chi connectivity index (χ2v) is 8.09. The van der Waals surface area contributed by atoms with E-state index in [4.69, 9.17) is 0 Å². The Morgan fingerprint density at radius 1 is 1.27 bits per heavy atom. The zero-order valence-corrected chi connectivity index (χ0v) is 18.3. The Kier molecular flexibility index (Phi) is 8.18. The molecule has 0 aliphatic rings. The summed E-state index contributed by atoms with van der Waals surface area (Å²) in [7, 11) is 0. The van der Waals surface area contributed by atoms with Gasteiger partial charge in [0.1, 0.15) is 0 Å². The molecule has 1 aromatic carbocycles. The van der Waals surface area contributed by atoms with E-state index in [9.17, 15) is 4.79 Å². The molecule has 0 fully saturated rings. The highest BCUT2D eigenvalue weighted by Crippen LogP contribution is 2.28. The zero-order valence-electron chi connectivity index (χ0n) is 15.9. The maximum Gasteiger partial charge on any atom is 0.234 e. The Hall–Kier alpha value is -1.31. The Bertz CT molecular complexity index is 743. The molecule has 1 amide bonds. The van der Waals surface area contributed by atoms with Crippen molar-refractivity contribution < 1.29 is 4.79 Å². The van der Waals surface area contributed by atoms with Crippen LogP contribution < -0.4 is 5.32 Å². The molecule has 0 bridgehead atoms. The summed E-state index contributed by atoms with van der Waals surface area (Å²) in [5.74, 6) is 0.366. The smallest absolute Gasteiger partial charge is 0.234 e. The summed E-state index contributed by atoms with van der Waals surface area (Å²) >= 11 is 5.09. The molecule has 0 aliphatic heterocycles. The number of aromatic nitrogens is 2. The highest BCUT2D eigenvalue weighted by Gasteiger charge is 2.09. The van der Waals surface area contributed by atoms with Gasteiger partial charge in [0.15, 0.2) is 0 Å². The van der Waals surface area contributed by atoms with Crippen molar-refractivity contribution in [2.75, 3.05) is 30.7 Å². The van der Waals surface area contributed by atoms with E-state index in [2.05, 4.69) is 71.1 Å². The number of hydrogen-bond acceptors (Lipinski definition) is 4. The van der Waals surface area contributed by atoms with Crippen LogP contribution in [0.3, 0.4) is 0 Å². The van der Waals surface area contributed by atoms with E-state index in [-0.39, 0.29) is 5.91 Å². The maximum atomic E-state index is 12.2. The second kappa shape index (κ2) is 10.1. The summed E-state index contributed by atoms with van der Waals surface area (Å²) in [6.45, 7) is 12.3. The van der Waals surface area contributed by atoms with Crippen LogP contribution in [-0.4, -0.2) is 46.0 Å². The number of carbonyl (C=O) groups is 1. The summed E-state index contributed by atoms with van der Waals surface area (Å²) < 4.78 is 2.98. The van der Waals surface area contributed by atoms with Gasteiger partial charge in [0, 0.05) is 22.1 Å². The Labute approximate surface area is 168 Å². The van der Waals surface area contributed by atoms with Gasteiger partial charge in [0.25, 0.3) is 0 Å². The number of nitrogens with zero attached hydrogens (tertiary/aromatic N) is 3. The van der Waals surface area contributed by atoms with Crippen molar-refractivity contribution in [2.45, 2.75) is 39.1 Å². The highest BCUT2D eigenvalue weighted by atomic mass is 79.9. The SMILES string of the molecule is CCN(CC)CCn1cc(NC(=O)CSc2cc(C)c(Br)cc2C)cn1. The van der Waals surface area contributed by atoms with Gasteiger partial charge in [0.2, 0.25) is 5.91 Å². The lowest BCUT2D eigenvalue weighted by Crippen LogP contribution is -2.27. The Morgan fingerprint density at radius 3 is 2.69 bits per heavy atom. The molecule has 0 aliphatic carbocycles. The van der Waals surface area contributed by atoms with Crippen molar-refractivity contribution in [2.24, 2.45) is 0 Å². The molecule has 0 radical (unpaired) electrons. The average molecular weight is 439 g/mol. The van der Waals surface area contributed by atoms with Gasteiger partial charge >= 0.3 is 0 Å². The van der Waals surface area contributed by atoms with Gasteiger partial charge in [-0.3, -0.25) is 9.48 Å². The average Bonchev–Trinajstić information content (AvgIpc) is 3.05. The van der Waals surface area contributed by atoms with Gasteiger partial charge in [-0.15, -0.1) is 11.8 Å². The number of thioether (sulfide) groups is 1. The van der Waals surface area contributed by atoms with Crippen molar-refractivity contribution in [3.05, 3.63) is 40.1 Å². The topological polar surface area (TPSA) is 50.2 Å². The normalized spacial score (nSPS) is 11.2. The number of aryl methyl sites for hydroxylation is 2. The van der Waals surface area contributed by atoms with Gasteiger partial charge in [-0.25, -0.2) is 0 Å². The summed E-state index contributed by atoms with van der Waals surface area (Å²) in [6.07, 6.45) is 3.60. The van der Waals surface area contributed by atoms with Gasteiger partial charge in [-0.1, -0.05) is 29.8 Å². The number of carbonyl (C=O) groups excluding carboxylic acids is 1. The van der Waals surface area contributed by atoms with Crippen LogP contribution in [0.15, 0.2) is 33.9 Å². The van der Waals surface area contributed by atoms with Crippen LogP contribution in [0, 0.1) is 13.8 Å². The maximum absolute atomic E-state index is 12.2. The predicted molar refractivity (Wildman–Crippen MR) is 113 cm³/mol. The fourth-order valence-corrected chi connectivity index (χ4v) is 3.95. The third-order valence-corrected chi connectivity index (χ3v) is 6.28. The standard InChI is InChI=1S/C19H27BrN4OS/c1-5-23(6-2)7-8-24-12-16(11-21-24)22-19(25)13-26-18-10-14(3)17(20)9-15(18)4/h9-12H,5-8,13H2,1-4H3,(H,22,25). The second-order valence-electron chi connectivity index (χ2n) is 6.22. The lowest BCUT2D eigenvalue weighted by molar-refractivity contribution is -0.113. The summed E-state index contributed by atoms with van der Waals surface area (Å²) in [4.78, 5) is 15.7. The molecule has 7 heteroatoms. The van der Waals surface area contributed by atoms with Crippen LogP contribution in [0.2, 0.25) is 0 Å². The summed E-state index contributed by atoms with van der Waals surface area (Å²) in [5, 5.41) is 7.25. The molecule has 2 aromatic rings. The van der Waals surface area contributed by atoms with Gasteiger partial charge in [-0.05, 0) is 50.2 Å². The van der Waals surface area contributed by atoms with Crippen LogP contribution in [0.1, 0.15) is 25.0 Å². The van der Waals surface area contributed by atoms with Crippen LogP contribution in [0.4, 0.5) is 5.69 Å². The minimum absolute atomic E-state index is 0.0155. The number of hydrogen-bond donors (Lipinski definition) is 1. The fourth-order valence-electron chi connectivity index (χ4n) is 2.58. The van der Waals surface area contributed by atoms with Gasteiger partial charge in [-0.2, -0.15) is 5.10 Å². The molecule has 1 heterocycles. The number of benzene rings is 1. The van der Waals surface area contributed by atoms with Crippen molar-refractivity contribution in [3.8, 4) is 0 Å². The van der Waals surface area contributed by atoms with E-state index < -0.39 is 0 Å². The molecule has 5 nitrogen and oxygen atoms in total. The molecule has 26 heavy (non-hydrogen) atoms. The molecule has 2 rings (SSSR count). The van der Waals surface area contributed by atoms with Gasteiger partial charge < -0.3 is 10.2 Å². The van der Waals surface area contributed by atoms with Crippen LogP contribution in [0.5, 0.6) is 0 Å². The number of amides is 1. The molecule has 0 spiro atoms. The van der Waals surface area contributed by atoms with E-state index in [1.807, 2.05) is 10.9 Å². The van der Waals surface area contributed by atoms with Crippen LogP contribution >= 0.6 is 27.7 Å². The number of halogens is 1. The highest BCUT2D eigenvalue weighted by molar-refractivity contribution is 9.10. The fraction of sp³-hybridized carbons (Fsp3) is 0.474. The zero-order chi connectivity index (χ0) is 19.1. The Balaban J connectivity index is 1.84. The van der Waals surface area contributed by atoms with E-state index in [0.717, 1.165) is 41.2 Å². The first-order chi connectivity index (χ1) is 12.4. The quantitative estimate of drug-likeness (QED) is 0.591. The van der Waals surface area contributed by atoms with E-state index in [0.29, 0.717) is 5.75 Å². The molecular weight excluding hydrogens is 412 g/mol. The van der Waals surface area contributed by atoms with Crippen molar-refractivity contribution in [1.82, 2.24) is 14.7 Å². The van der Waals surface area contributed by atoms with Crippen molar-refractivity contribution in [1.29, 1.82) is 0 Å². The third kappa shape index (κ3) is 6.14. The first kappa shape index (κ1) is 21.0. The van der Waals surface area contributed by atoms with Crippen LogP contribution in [0.25, 0.3) is 0 Å². The first-order valence-electron chi connectivity index (χ1n) is 8.87. The number of anilines is 1. The molecular formula is C19H27BrN4OS. The molecule has 0 saturated carbocycles. The van der Waals surface area contributed by atoms with Crippen molar-refractivity contribution >= 4 is 39.3 Å². The predicted octanol–water partition coefficient (Wildman–Crippen LogP) is 4.34. The van der Waals surface area contributed by atoms with Crippen LogP contribution in [-0.2, 0) is 11.3 Å². The minimum Gasteiger partial charge on any atom is -0.323 e. The molecule has 0 unspecified atom stereocenters. The third-order valence-electron chi connectivity index (χ3n) is 4.27. The monoisotopic (exact) mass is 438 g/mol. The molecule has 142 valence electrons. The number of rotatable bonds is 9. The molecule has 0 saturated heterocycles. The van der Waals surface area contributed by atoms with Gasteiger partial charge in [0.05, 0.1) is 24.2 Å². The largest absolute Gasteiger partial charge is 0.323 e.